The van der Waals surface area contributed by atoms with E-state index >= 15 is 0 Å². The highest BCUT2D eigenvalue weighted by Gasteiger charge is 2.45. The highest BCUT2D eigenvalue weighted by atomic mass is 33.2. The molecular formula is C13H18N2S3. The van der Waals surface area contributed by atoms with Gasteiger partial charge in [-0.3, -0.25) is 5.14 Å². The monoisotopic (exact) mass is 298 g/mol. The molecule has 18 heavy (non-hydrogen) atoms. The van der Waals surface area contributed by atoms with E-state index in [9.17, 15) is 0 Å². The summed E-state index contributed by atoms with van der Waals surface area (Å²) in [6.45, 7) is 0. The lowest BCUT2D eigenvalue weighted by Gasteiger charge is -2.42. The molecule has 0 saturated heterocycles. The van der Waals surface area contributed by atoms with Gasteiger partial charge in [0, 0.05) is 10.1 Å². The second-order valence-electron chi connectivity index (χ2n) is 4.87. The van der Waals surface area contributed by atoms with Crippen LogP contribution in [0.3, 0.4) is 0 Å². The molecule has 1 unspecified atom stereocenters. The summed E-state index contributed by atoms with van der Waals surface area (Å²) in [6, 6.07) is 8.50. The molecule has 3 rings (SSSR count). The van der Waals surface area contributed by atoms with Crippen molar-refractivity contribution in [2.24, 2.45) is 5.14 Å². The second kappa shape index (κ2) is 5.04. The fraction of sp³-hybridized carbons (Fsp3) is 0.462. The first-order valence-electron chi connectivity index (χ1n) is 6.39. The number of thiocarbonyl (C=S) groups is 1. The molecule has 1 aliphatic carbocycles. The summed E-state index contributed by atoms with van der Waals surface area (Å²) in [5.41, 5.74) is 1.18. The number of anilines is 1. The van der Waals surface area contributed by atoms with Crippen LogP contribution in [0.4, 0.5) is 5.69 Å². The van der Waals surface area contributed by atoms with Crippen LogP contribution in [0.1, 0.15) is 32.1 Å². The van der Waals surface area contributed by atoms with Crippen LogP contribution in [-0.4, -0.2) is 9.57 Å². The normalized spacial score (nSPS) is 31.5. The number of nitrogens with one attached hydrogen (secondary N) is 1. The number of nitrogens with two attached hydrogens (primary N) is 1. The Morgan fingerprint density at radius 2 is 1.94 bits per heavy atom. The topological polar surface area (TPSA) is 38.0 Å². The molecule has 2 aliphatic rings. The first-order valence-corrected chi connectivity index (χ1v) is 9.90. The van der Waals surface area contributed by atoms with Gasteiger partial charge < -0.3 is 5.32 Å². The van der Waals surface area contributed by atoms with E-state index in [1.165, 1.54) is 53.7 Å². The molecule has 2 nitrogen and oxygen atoms in total. The van der Waals surface area contributed by atoms with Crippen LogP contribution >= 0.6 is 32.3 Å². The van der Waals surface area contributed by atoms with E-state index in [0.29, 0.717) is 5.25 Å². The Morgan fingerprint density at radius 1 is 1.22 bits per heavy atom. The predicted octanol–water partition coefficient (Wildman–Crippen LogP) is 4.42. The van der Waals surface area contributed by atoms with Gasteiger partial charge in [0.05, 0.1) is 5.69 Å². The van der Waals surface area contributed by atoms with Crippen LogP contribution in [0.15, 0.2) is 29.2 Å². The van der Waals surface area contributed by atoms with E-state index < -0.39 is 9.06 Å². The van der Waals surface area contributed by atoms with Crippen molar-refractivity contribution < 1.29 is 0 Å². The van der Waals surface area contributed by atoms with Gasteiger partial charge in [-0.15, -0.1) is 0 Å². The van der Waals surface area contributed by atoms with Crippen molar-refractivity contribution in [1.29, 1.82) is 0 Å². The molecule has 1 aromatic carbocycles. The lowest BCUT2D eigenvalue weighted by Crippen LogP contribution is -2.25. The minimum absolute atomic E-state index is 0.657. The fourth-order valence-electron chi connectivity index (χ4n) is 3.02. The molecule has 0 radical (unpaired) electrons. The van der Waals surface area contributed by atoms with Crippen molar-refractivity contribution in [2.75, 3.05) is 5.32 Å². The Balaban J connectivity index is 2.07. The average molecular weight is 299 g/mol. The van der Waals surface area contributed by atoms with E-state index in [1.54, 1.807) is 0 Å². The van der Waals surface area contributed by atoms with E-state index in [1.807, 2.05) is 0 Å². The molecule has 98 valence electrons. The first kappa shape index (κ1) is 12.8. The summed E-state index contributed by atoms with van der Waals surface area (Å²) in [5.74, 6) is 0. The van der Waals surface area contributed by atoms with Crippen molar-refractivity contribution >= 4 is 42.3 Å². The van der Waals surface area contributed by atoms with Gasteiger partial charge in [0.15, 0.2) is 0 Å². The van der Waals surface area contributed by atoms with Crippen LogP contribution in [0.2, 0.25) is 0 Å². The molecule has 0 spiro atoms. The summed E-state index contributed by atoms with van der Waals surface area (Å²) in [7, 11) is 0.293. The van der Waals surface area contributed by atoms with Gasteiger partial charge in [-0.25, -0.2) is 0 Å². The minimum atomic E-state index is -1.22. The number of para-hydroxylation sites is 1. The van der Waals surface area contributed by atoms with Gasteiger partial charge in [0.25, 0.3) is 0 Å². The standard InChI is InChI=1S/C13H18N2S3/c14-17-18(10-6-2-1-3-7-10)12-9-5-4-8-11(12)15-13(18)16/h4-5,8-10H,1-3,6-7,14H2,(H,15,16). The number of fused-ring (bicyclic) bond motifs is 1. The maximum Gasteiger partial charge on any atom is 0.135 e. The lowest BCUT2D eigenvalue weighted by molar-refractivity contribution is 0.514. The second-order valence-corrected chi connectivity index (χ2v) is 10.6. The van der Waals surface area contributed by atoms with Crippen LogP contribution in [-0.2, 0) is 0 Å². The molecule has 5 heteroatoms. The summed E-state index contributed by atoms with van der Waals surface area (Å²) in [5, 5.41) is 10.2. The van der Waals surface area contributed by atoms with E-state index in [4.69, 9.17) is 17.4 Å². The van der Waals surface area contributed by atoms with Gasteiger partial charge in [-0.2, -0.15) is 0 Å². The van der Waals surface area contributed by atoms with Gasteiger partial charge in [-0.1, -0.05) is 52.7 Å². The highest BCUT2D eigenvalue weighted by Crippen LogP contribution is 2.74. The number of benzene rings is 1. The zero-order valence-electron chi connectivity index (χ0n) is 10.2. The number of rotatable bonds is 2. The van der Waals surface area contributed by atoms with Crippen molar-refractivity contribution in [3.8, 4) is 0 Å². The molecule has 0 bridgehead atoms. The van der Waals surface area contributed by atoms with E-state index in [2.05, 4.69) is 29.6 Å². The third-order valence-electron chi connectivity index (χ3n) is 3.90. The predicted molar refractivity (Wildman–Crippen MR) is 87.2 cm³/mol. The lowest BCUT2D eigenvalue weighted by atomic mass is 10.0. The molecule has 0 amide bonds. The molecule has 1 atom stereocenters. The molecule has 1 saturated carbocycles. The quantitative estimate of drug-likeness (QED) is 0.367. The Labute approximate surface area is 119 Å². The summed E-state index contributed by atoms with van der Waals surface area (Å²) < 4.78 is 0.989. The minimum Gasteiger partial charge on any atom is -0.341 e. The maximum absolute atomic E-state index is 6.13. The zero-order valence-corrected chi connectivity index (χ0v) is 12.7. The van der Waals surface area contributed by atoms with Crippen molar-refractivity contribution in [1.82, 2.24) is 0 Å². The Morgan fingerprint density at radius 3 is 2.67 bits per heavy atom. The van der Waals surface area contributed by atoms with Crippen molar-refractivity contribution in [3.05, 3.63) is 24.3 Å². The van der Waals surface area contributed by atoms with Crippen molar-refractivity contribution in [3.63, 3.8) is 0 Å². The largest absolute Gasteiger partial charge is 0.341 e. The summed E-state index contributed by atoms with van der Waals surface area (Å²) in [4.78, 5) is 1.37. The van der Waals surface area contributed by atoms with Crippen molar-refractivity contribution in [2.45, 2.75) is 42.2 Å². The SMILES string of the molecule is NSS1(C2CCCCC2)C(=S)Nc2ccccc21. The van der Waals surface area contributed by atoms with E-state index in [0.717, 1.165) is 4.32 Å². The number of hydrogen-bond donors (Lipinski definition) is 2. The first-order chi connectivity index (χ1) is 8.79. The van der Waals surface area contributed by atoms with Gasteiger partial charge >= 0.3 is 0 Å². The molecule has 0 aromatic heterocycles. The fourth-order valence-corrected chi connectivity index (χ4v) is 9.54. The Hall–Kier alpha value is -0.230. The third kappa shape index (κ3) is 1.80. The van der Waals surface area contributed by atoms with Crippen LogP contribution in [0.5, 0.6) is 0 Å². The van der Waals surface area contributed by atoms with Gasteiger partial charge in [-0.05, 0) is 36.0 Å². The molecule has 1 aliphatic heterocycles. The maximum atomic E-state index is 6.13. The molecule has 1 heterocycles. The molecular weight excluding hydrogens is 280 g/mol. The number of hydrogen-bond acceptors (Lipinski definition) is 3. The summed E-state index contributed by atoms with van der Waals surface area (Å²) >= 11 is 5.66. The van der Waals surface area contributed by atoms with Crippen LogP contribution in [0.25, 0.3) is 0 Å². The van der Waals surface area contributed by atoms with Crippen LogP contribution in [0, 0.1) is 0 Å². The van der Waals surface area contributed by atoms with Gasteiger partial charge in [0.2, 0.25) is 0 Å². The molecule has 1 aromatic rings. The Kier molecular flexibility index (Phi) is 3.58. The third-order valence-corrected chi connectivity index (χ3v) is 11.2. The zero-order chi connectivity index (χ0) is 12.6. The van der Waals surface area contributed by atoms with Crippen LogP contribution < -0.4 is 10.5 Å². The van der Waals surface area contributed by atoms with Gasteiger partial charge in [0.1, 0.15) is 4.32 Å². The highest BCUT2D eigenvalue weighted by molar-refractivity contribution is 9.01. The smallest absolute Gasteiger partial charge is 0.135 e. The van der Waals surface area contributed by atoms with E-state index in [-0.39, 0.29) is 0 Å². The average Bonchev–Trinajstić information content (AvgIpc) is 2.72. The Bertz CT molecular complexity index is 471. The molecule has 3 N–H and O–H groups in total. The molecule has 1 fully saturated rings. The summed E-state index contributed by atoms with van der Waals surface area (Å²) in [6.07, 6.45) is 6.56.